The Bertz CT molecular complexity index is 952. The van der Waals surface area contributed by atoms with Gasteiger partial charge in [-0.05, 0) is 67.6 Å². The molecule has 1 saturated heterocycles. The summed E-state index contributed by atoms with van der Waals surface area (Å²) in [5.41, 5.74) is 2.60. The number of benzene rings is 2. The van der Waals surface area contributed by atoms with Crippen LogP contribution in [0.25, 0.3) is 0 Å². The van der Waals surface area contributed by atoms with Crippen molar-refractivity contribution in [2.75, 3.05) is 16.4 Å². The van der Waals surface area contributed by atoms with E-state index in [-0.39, 0.29) is 17.9 Å². The molecule has 0 bridgehead atoms. The van der Waals surface area contributed by atoms with Gasteiger partial charge in [-0.25, -0.2) is 0 Å². The van der Waals surface area contributed by atoms with Gasteiger partial charge in [0.05, 0.1) is 5.75 Å². The molecule has 1 aliphatic heterocycles. The third kappa shape index (κ3) is 4.49. The SMILES string of the molecule is Cc1cc(C)cc(N2C(=O)CSC[C@]2(C(=O)NC2CCCCC2)c2ccc(Cl)cc2)c1. The number of rotatable bonds is 4. The molecule has 0 unspecified atom stereocenters. The number of aryl methyl sites for hydroxylation is 2. The van der Waals surface area contributed by atoms with Crippen molar-refractivity contribution in [1.29, 1.82) is 0 Å². The summed E-state index contributed by atoms with van der Waals surface area (Å²) in [6, 6.07) is 13.6. The molecule has 164 valence electrons. The molecule has 31 heavy (non-hydrogen) atoms. The highest BCUT2D eigenvalue weighted by atomic mass is 35.5. The summed E-state index contributed by atoms with van der Waals surface area (Å²) in [7, 11) is 0. The fraction of sp³-hybridized carbons (Fsp3) is 0.440. The molecule has 2 amide bonds. The minimum Gasteiger partial charge on any atom is -0.351 e. The molecular formula is C25H29ClN2O2S. The number of hydrogen-bond acceptors (Lipinski definition) is 3. The first-order valence-corrected chi connectivity index (χ1v) is 12.5. The zero-order chi connectivity index (χ0) is 22.0. The summed E-state index contributed by atoms with van der Waals surface area (Å²) in [4.78, 5) is 29.1. The molecular weight excluding hydrogens is 428 g/mol. The Morgan fingerprint density at radius 2 is 1.71 bits per heavy atom. The van der Waals surface area contributed by atoms with Crippen molar-refractivity contribution < 1.29 is 9.59 Å². The van der Waals surface area contributed by atoms with Crippen molar-refractivity contribution in [3.8, 4) is 0 Å². The Balaban J connectivity index is 1.84. The van der Waals surface area contributed by atoms with E-state index in [9.17, 15) is 9.59 Å². The van der Waals surface area contributed by atoms with Gasteiger partial charge in [0, 0.05) is 22.5 Å². The van der Waals surface area contributed by atoms with Crippen LogP contribution in [0, 0.1) is 13.8 Å². The van der Waals surface area contributed by atoms with Gasteiger partial charge in [0.15, 0.2) is 5.54 Å². The van der Waals surface area contributed by atoms with E-state index in [1.165, 1.54) is 18.2 Å². The Hall–Kier alpha value is -1.98. The molecule has 2 fully saturated rings. The predicted molar refractivity (Wildman–Crippen MR) is 129 cm³/mol. The van der Waals surface area contributed by atoms with Crippen LogP contribution in [0.5, 0.6) is 0 Å². The van der Waals surface area contributed by atoms with Crippen LogP contribution in [0.15, 0.2) is 42.5 Å². The molecule has 4 nitrogen and oxygen atoms in total. The number of hydrogen-bond donors (Lipinski definition) is 1. The summed E-state index contributed by atoms with van der Waals surface area (Å²) in [5.74, 6) is 0.724. The van der Waals surface area contributed by atoms with Gasteiger partial charge < -0.3 is 5.32 Å². The fourth-order valence-corrected chi connectivity index (χ4v) is 6.11. The molecule has 6 heteroatoms. The number of nitrogens with zero attached hydrogens (tertiary/aromatic N) is 1. The van der Waals surface area contributed by atoms with E-state index in [1.807, 2.05) is 38.1 Å². The van der Waals surface area contributed by atoms with E-state index < -0.39 is 5.54 Å². The Labute approximate surface area is 193 Å². The standard InChI is InChI=1S/C25H29ClN2O2S/c1-17-12-18(2)14-22(13-17)28-23(29)15-31-16-25(28,19-8-10-20(26)11-9-19)24(30)27-21-6-4-3-5-7-21/h8-14,21H,3-7,15-16H2,1-2H3,(H,27,30)/t25-/m1/s1. The van der Waals surface area contributed by atoms with E-state index >= 15 is 0 Å². The van der Waals surface area contributed by atoms with Crippen LogP contribution < -0.4 is 10.2 Å². The second-order valence-corrected chi connectivity index (χ2v) is 10.2. The van der Waals surface area contributed by atoms with E-state index in [4.69, 9.17) is 11.6 Å². The van der Waals surface area contributed by atoms with Gasteiger partial charge in [-0.1, -0.05) is 49.1 Å². The van der Waals surface area contributed by atoms with E-state index in [0.717, 1.165) is 48.1 Å². The van der Waals surface area contributed by atoms with Gasteiger partial charge >= 0.3 is 0 Å². The zero-order valence-electron chi connectivity index (χ0n) is 18.1. The average Bonchev–Trinajstić information content (AvgIpc) is 2.74. The maximum Gasteiger partial charge on any atom is 0.252 e. The number of carbonyl (C=O) groups is 2. The quantitative estimate of drug-likeness (QED) is 0.671. The summed E-state index contributed by atoms with van der Waals surface area (Å²) in [5, 5.41) is 3.92. The minimum atomic E-state index is -1.11. The molecule has 1 N–H and O–H groups in total. The molecule has 0 spiro atoms. The lowest BCUT2D eigenvalue weighted by Crippen LogP contribution is -2.64. The normalized spacial score (nSPS) is 22.4. The van der Waals surface area contributed by atoms with Crippen molar-refractivity contribution in [1.82, 2.24) is 5.32 Å². The second kappa shape index (κ2) is 9.25. The van der Waals surface area contributed by atoms with Gasteiger partial charge in [0.1, 0.15) is 0 Å². The van der Waals surface area contributed by atoms with Crippen molar-refractivity contribution in [3.63, 3.8) is 0 Å². The molecule has 0 radical (unpaired) electrons. The van der Waals surface area contributed by atoms with E-state index in [2.05, 4.69) is 11.4 Å². The number of halogens is 1. The largest absolute Gasteiger partial charge is 0.351 e. The molecule has 1 atom stereocenters. The number of carbonyl (C=O) groups excluding carboxylic acids is 2. The molecule has 2 aliphatic rings. The van der Waals surface area contributed by atoms with Crippen LogP contribution in [0.1, 0.15) is 48.8 Å². The van der Waals surface area contributed by atoms with Crippen LogP contribution in [0.4, 0.5) is 5.69 Å². The second-order valence-electron chi connectivity index (χ2n) is 8.74. The summed E-state index contributed by atoms with van der Waals surface area (Å²) < 4.78 is 0. The maximum absolute atomic E-state index is 14.0. The topological polar surface area (TPSA) is 49.4 Å². The first-order valence-electron chi connectivity index (χ1n) is 11.0. The third-order valence-corrected chi connectivity index (χ3v) is 7.60. The van der Waals surface area contributed by atoms with Crippen molar-refractivity contribution in [2.45, 2.75) is 57.5 Å². The van der Waals surface area contributed by atoms with Crippen molar-refractivity contribution >= 4 is 40.9 Å². The van der Waals surface area contributed by atoms with Crippen molar-refractivity contribution in [3.05, 3.63) is 64.2 Å². The fourth-order valence-electron chi connectivity index (χ4n) is 4.86. The lowest BCUT2D eigenvalue weighted by molar-refractivity contribution is -0.130. The van der Waals surface area contributed by atoms with Crippen LogP contribution in [-0.2, 0) is 15.1 Å². The number of nitrogens with one attached hydrogen (secondary N) is 1. The van der Waals surface area contributed by atoms with Crippen LogP contribution in [0.3, 0.4) is 0 Å². The predicted octanol–water partition coefficient (Wildman–Crippen LogP) is 5.38. The third-order valence-electron chi connectivity index (χ3n) is 6.27. The monoisotopic (exact) mass is 456 g/mol. The minimum absolute atomic E-state index is 0.0463. The average molecular weight is 457 g/mol. The van der Waals surface area contributed by atoms with Crippen LogP contribution in [-0.4, -0.2) is 29.4 Å². The lowest BCUT2D eigenvalue weighted by Gasteiger charge is -2.46. The summed E-state index contributed by atoms with van der Waals surface area (Å²) in [6.45, 7) is 4.04. The Morgan fingerprint density at radius 1 is 1.06 bits per heavy atom. The van der Waals surface area contributed by atoms with Crippen LogP contribution in [0.2, 0.25) is 5.02 Å². The molecule has 4 rings (SSSR count). The Kier molecular flexibility index (Phi) is 6.63. The summed E-state index contributed by atoms with van der Waals surface area (Å²) in [6.07, 6.45) is 5.47. The molecule has 2 aromatic rings. The first kappa shape index (κ1) is 22.2. The number of anilines is 1. The first-order chi connectivity index (χ1) is 14.9. The highest BCUT2D eigenvalue weighted by molar-refractivity contribution is 8.00. The van der Waals surface area contributed by atoms with Crippen LogP contribution >= 0.6 is 23.4 Å². The Morgan fingerprint density at radius 3 is 2.35 bits per heavy atom. The zero-order valence-corrected chi connectivity index (χ0v) is 19.7. The number of amides is 2. The molecule has 0 aromatic heterocycles. The van der Waals surface area contributed by atoms with Gasteiger partial charge in [-0.3, -0.25) is 14.5 Å². The van der Waals surface area contributed by atoms with E-state index in [1.54, 1.807) is 17.0 Å². The lowest BCUT2D eigenvalue weighted by atomic mass is 9.86. The van der Waals surface area contributed by atoms with Gasteiger partial charge in [0.25, 0.3) is 5.91 Å². The molecule has 1 heterocycles. The number of thioether (sulfide) groups is 1. The van der Waals surface area contributed by atoms with Gasteiger partial charge in [-0.2, -0.15) is 0 Å². The highest BCUT2D eigenvalue weighted by Gasteiger charge is 2.51. The van der Waals surface area contributed by atoms with Gasteiger partial charge in [-0.15, -0.1) is 11.8 Å². The molecule has 1 saturated carbocycles. The summed E-state index contributed by atoms with van der Waals surface area (Å²) >= 11 is 7.69. The van der Waals surface area contributed by atoms with Crippen molar-refractivity contribution in [2.24, 2.45) is 0 Å². The molecule has 2 aromatic carbocycles. The molecule has 1 aliphatic carbocycles. The highest BCUT2D eigenvalue weighted by Crippen LogP contribution is 2.41. The maximum atomic E-state index is 14.0. The van der Waals surface area contributed by atoms with Gasteiger partial charge in [0.2, 0.25) is 5.91 Å². The smallest absolute Gasteiger partial charge is 0.252 e. The van der Waals surface area contributed by atoms with E-state index in [0.29, 0.717) is 16.5 Å².